The fraction of sp³-hybridized carbons (Fsp3) is 0.286. The highest BCUT2D eigenvalue weighted by atomic mass is 32.2. The summed E-state index contributed by atoms with van der Waals surface area (Å²) in [6.07, 6.45) is 6.86. The lowest BCUT2D eigenvalue weighted by molar-refractivity contribution is -0.407. The van der Waals surface area contributed by atoms with Crippen molar-refractivity contribution in [3.63, 3.8) is 0 Å². The minimum atomic E-state index is -0.233. The van der Waals surface area contributed by atoms with Crippen LogP contribution in [0.4, 0.5) is 28.4 Å². The number of carbonyl (C=O) groups excluding carboxylic acids is 3. The molecule has 0 spiro atoms. The normalized spacial score (nSPS) is 17.3. The van der Waals surface area contributed by atoms with Crippen LogP contribution in [0.2, 0.25) is 0 Å². The Bertz CT molecular complexity index is 2730. The Labute approximate surface area is 360 Å². The average molecular weight is 835 g/mol. The van der Waals surface area contributed by atoms with Crippen LogP contribution in [0.5, 0.6) is 17.2 Å². The van der Waals surface area contributed by atoms with E-state index in [0.717, 1.165) is 51.4 Å². The molecule has 5 aromatic carbocycles. The molecule has 0 radical (unpaired) electrons. The van der Waals surface area contributed by atoms with Crippen LogP contribution in [-0.4, -0.2) is 91.1 Å². The molecule has 4 heterocycles. The first-order valence-electron chi connectivity index (χ1n) is 20.4. The lowest BCUT2D eigenvalue weighted by Gasteiger charge is -2.23. The van der Waals surface area contributed by atoms with E-state index in [-0.39, 0.29) is 43.0 Å². The Kier molecular flexibility index (Phi) is 10.4. The topological polar surface area (TPSA) is 94.6 Å². The molecule has 0 fully saturated rings. The van der Waals surface area contributed by atoms with Crippen LogP contribution in [0.15, 0.2) is 91.0 Å². The summed E-state index contributed by atoms with van der Waals surface area (Å²) in [7, 11) is 7.25. The van der Waals surface area contributed by atoms with Crippen LogP contribution < -0.4 is 28.9 Å². The van der Waals surface area contributed by atoms with Crippen LogP contribution in [0.3, 0.4) is 0 Å². The quantitative estimate of drug-likeness (QED) is 0.106. The van der Waals surface area contributed by atoms with Gasteiger partial charge >= 0.3 is 0 Å². The fourth-order valence-electron chi connectivity index (χ4n) is 9.02. The average Bonchev–Trinajstić information content (AvgIpc) is 3.80. The van der Waals surface area contributed by atoms with Gasteiger partial charge in [-0.3, -0.25) is 19.3 Å². The molecule has 12 heteroatoms. The Balaban J connectivity index is 1.00. The number of benzene rings is 5. The highest BCUT2D eigenvalue weighted by Crippen LogP contribution is 2.42. The highest BCUT2D eigenvalue weighted by Gasteiger charge is 2.43. The van der Waals surface area contributed by atoms with Crippen molar-refractivity contribution in [2.75, 3.05) is 55.0 Å². The summed E-state index contributed by atoms with van der Waals surface area (Å²) in [6.45, 7) is 4.40. The van der Waals surface area contributed by atoms with E-state index in [1.807, 2.05) is 114 Å². The Morgan fingerprint density at radius 2 is 1.39 bits per heavy atom. The van der Waals surface area contributed by atoms with E-state index in [1.165, 1.54) is 17.3 Å². The largest absolute Gasteiger partial charge is 0.493 e. The van der Waals surface area contributed by atoms with Crippen LogP contribution in [-0.2, 0) is 30.8 Å². The van der Waals surface area contributed by atoms with Gasteiger partial charge in [0.15, 0.2) is 11.5 Å². The number of methoxy groups -OCH3 is 1. The maximum absolute atomic E-state index is 14.2. The maximum Gasteiger partial charge on any atom is 0.265 e. The van der Waals surface area contributed by atoms with E-state index >= 15 is 0 Å². The van der Waals surface area contributed by atoms with Gasteiger partial charge in [0.05, 0.1) is 24.6 Å². The summed E-state index contributed by atoms with van der Waals surface area (Å²) in [5.74, 6) is 1.72. The zero-order chi connectivity index (χ0) is 42.7. The standard InChI is InChI=1S/C49H48N5O6S/c1-29-16-37-43(51(4)30(2)41-21-34-13-9-11-15-40(34)54(41)49(37)57)24-44(29)59-26-31-17-32(19-35(18-31)52(5)47(55)28-61-7)27-60-46-23-42-38(22-45(46)58-6)48(56)53-36(25-50(42)3)20-33-12-8-10-14-39(33)53/h8-19,22-24,36,41H,20-21,26-28H2,1-7H3/q+1/t36-,41-/m0/s1. The second kappa shape index (κ2) is 15.9. The van der Waals surface area contributed by atoms with Gasteiger partial charge in [0.1, 0.15) is 50.4 Å². The molecule has 310 valence electrons. The van der Waals surface area contributed by atoms with Crippen LogP contribution in [0.25, 0.3) is 0 Å². The van der Waals surface area contributed by atoms with Crippen molar-refractivity contribution in [3.8, 4) is 17.2 Å². The molecule has 4 aliphatic heterocycles. The van der Waals surface area contributed by atoms with Gasteiger partial charge in [0.25, 0.3) is 5.91 Å². The summed E-state index contributed by atoms with van der Waals surface area (Å²) >= 11 is 1.47. The number of anilines is 3. The lowest BCUT2D eigenvalue weighted by Crippen LogP contribution is -2.42. The highest BCUT2D eigenvalue weighted by molar-refractivity contribution is 7.99. The number of thioether (sulfide) groups is 1. The molecule has 3 amide bonds. The molecule has 0 saturated carbocycles. The first kappa shape index (κ1) is 40.0. The zero-order valence-electron chi connectivity index (χ0n) is 35.4. The molecular weight excluding hydrogens is 787 g/mol. The van der Waals surface area contributed by atoms with Crippen LogP contribution in [0, 0.1) is 6.92 Å². The molecule has 0 aromatic heterocycles. The molecule has 61 heavy (non-hydrogen) atoms. The third kappa shape index (κ3) is 7.02. The number of para-hydroxylation sites is 2. The molecule has 2 atom stereocenters. The van der Waals surface area contributed by atoms with Gasteiger partial charge in [-0.1, -0.05) is 36.4 Å². The minimum absolute atomic E-state index is 0.0229. The molecule has 11 nitrogen and oxygen atoms in total. The van der Waals surface area contributed by atoms with Crippen molar-refractivity contribution in [2.45, 2.75) is 52.0 Å². The summed E-state index contributed by atoms with van der Waals surface area (Å²) in [6, 6.07) is 29.2. The van der Waals surface area contributed by atoms with Crippen molar-refractivity contribution in [1.29, 1.82) is 0 Å². The molecule has 0 aliphatic carbocycles. The summed E-state index contributed by atoms with van der Waals surface area (Å²) in [5, 5.41) is 0. The van der Waals surface area contributed by atoms with Crippen LogP contribution >= 0.6 is 11.8 Å². The third-order valence-corrected chi connectivity index (χ3v) is 12.9. The van der Waals surface area contributed by atoms with E-state index in [2.05, 4.69) is 29.8 Å². The molecule has 9 rings (SSSR count). The van der Waals surface area contributed by atoms with E-state index in [4.69, 9.17) is 14.2 Å². The van der Waals surface area contributed by atoms with Crippen LogP contribution in [0.1, 0.15) is 55.5 Å². The van der Waals surface area contributed by atoms with E-state index in [1.54, 1.807) is 25.1 Å². The molecule has 0 bridgehead atoms. The molecule has 5 aromatic rings. The number of hydrogen-bond donors (Lipinski definition) is 0. The van der Waals surface area contributed by atoms with E-state index in [9.17, 15) is 14.4 Å². The monoisotopic (exact) mass is 834 g/mol. The van der Waals surface area contributed by atoms with Gasteiger partial charge in [-0.25, -0.2) is 4.58 Å². The fourth-order valence-corrected chi connectivity index (χ4v) is 9.46. The number of nitrogens with zero attached hydrogens (tertiary/aromatic N) is 5. The number of hydrogen-bond acceptors (Lipinski definition) is 7. The molecule has 0 saturated heterocycles. The first-order valence-corrected chi connectivity index (χ1v) is 21.8. The second-order valence-corrected chi connectivity index (χ2v) is 16.9. The first-order chi connectivity index (χ1) is 29.4. The van der Waals surface area contributed by atoms with Crippen molar-refractivity contribution >= 4 is 69.8 Å². The van der Waals surface area contributed by atoms with Crippen molar-refractivity contribution < 1.29 is 37.7 Å². The molecule has 0 N–H and O–H groups in total. The van der Waals surface area contributed by atoms with Gasteiger partial charge in [-0.2, -0.15) is 11.8 Å². The number of carbonyl (C=O) groups is 3. The van der Waals surface area contributed by atoms with Crippen molar-refractivity contribution in [3.05, 3.63) is 130 Å². The number of fused-ring (bicyclic) bond motifs is 8. The lowest BCUT2D eigenvalue weighted by atomic mass is 10.1. The SMILES string of the molecule is COc1cc2c(cc1OCc1cc(COc3cc4c(cc3C)C(=O)N3c5ccccc5C[C@H]3C(C)=[N+]4C)cc(N(C)C(=O)CSC)c1)[N+](C)=[C-][C@@H]1Cc3ccccc3N1C2=O. The summed E-state index contributed by atoms with van der Waals surface area (Å²) < 4.78 is 22.9. The Hall–Kier alpha value is -6.40. The molecular formula is C49H48N5O6S+. The van der Waals surface area contributed by atoms with Crippen molar-refractivity contribution in [1.82, 2.24) is 0 Å². The second-order valence-electron chi connectivity index (χ2n) is 16.1. The van der Waals surface area contributed by atoms with E-state index in [0.29, 0.717) is 51.9 Å². The minimum Gasteiger partial charge on any atom is -0.493 e. The van der Waals surface area contributed by atoms with Gasteiger partial charge in [-0.15, -0.1) is 0 Å². The van der Waals surface area contributed by atoms with Crippen molar-refractivity contribution in [2.24, 2.45) is 0 Å². The Morgan fingerprint density at radius 3 is 2.08 bits per heavy atom. The predicted octanol–water partition coefficient (Wildman–Crippen LogP) is 7.61. The smallest absolute Gasteiger partial charge is 0.265 e. The summed E-state index contributed by atoms with van der Waals surface area (Å²) in [5.41, 5.74) is 11.0. The van der Waals surface area contributed by atoms with Gasteiger partial charge in [0, 0.05) is 55.3 Å². The van der Waals surface area contributed by atoms with Gasteiger partial charge in [-0.05, 0) is 95.9 Å². The molecule has 0 unspecified atom stereocenters. The number of rotatable bonds is 10. The molecule has 4 aliphatic rings. The zero-order valence-corrected chi connectivity index (χ0v) is 36.3. The summed E-state index contributed by atoms with van der Waals surface area (Å²) in [4.78, 5) is 46.9. The predicted molar refractivity (Wildman–Crippen MR) is 240 cm³/mol. The maximum atomic E-state index is 14.2. The van der Waals surface area contributed by atoms with E-state index < -0.39 is 0 Å². The van der Waals surface area contributed by atoms with Gasteiger partial charge in [0.2, 0.25) is 17.5 Å². The third-order valence-electron chi connectivity index (χ3n) is 12.4. The Morgan fingerprint density at radius 1 is 0.787 bits per heavy atom. The number of amides is 3. The van der Waals surface area contributed by atoms with Gasteiger partial charge < -0.3 is 28.6 Å². The number of ether oxygens (including phenoxy) is 3. The number of aryl methyl sites for hydroxylation is 1.